The molecule has 0 saturated carbocycles. The molecule has 0 unspecified atom stereocenters. The maximum Gasteiger partial charge on any atom is 0.228 e. The van der Waals surface area contributed by atoms with E-state index in [2.05, 4.69) is 10.4 Å². The number of anilines is 1. The number of nitrogens with one attached hydrogen (secondary N) is 1. The Morgan fingerprint density at radius 1 is 1.21 bits per heavy atom. The summed E-state index contributed by atoms with van der Waals surface area (Å²) in [7, 11) is -3.20. The Labute approximate surface area is 174 Å². The minimum atomic E-state index is -3.20. The largest absolute Gasteiger partial charge is 0.309 e. The third-order valence-electron chi connectivity index (χ3n) is 4.84. The molecule has 7 nitrogen and oxygen atoms in total. The van der Waals surface area contributed by atoms with Crippen LogP contribution in [0.5, 0.6) is 0 Å². The number of sulfonamides is 1. The molecular formula is C18H22Cl2N4O3S. The van der Waals surface area contributed by atoms with Crippen LogP contribution in [0.4, 0.5) is 5.82 Å². The van der Waals surface area contributed by atoms with E-state index in [1.165, 1.54) is 10.6 Å². The van der Waals surface area contributed by atoms with Crippen molar-refractivity contribution in [2.24, 2.45) is 5.92 Å². The van der Waals surface area contributed by atoms with Crippen LogP contribution in [0.2, 0.25) is 10.0 Å². The number of benzene rings is 1. The van der Waals surface area contributed by atoms with E-state index in [4.69, 9.17) is 23.2 Å². The smallest absolute Gasteiger partial charge is 0.228 e. The van der Waals surface area contributed by atoms with Gasteiger partial charge in [0.15, 0.2) is 5.82 Å². The second kappa shape index (κ2) is 8.41. The molecule has 10 heteroatoms. The monoisotopic (exact) mass is 444 g/mol. The van der Waals surface area contributed by atoms with Gasteiger partial charge in [-0.05, 0) is 37.5 Å². The van der Waals surface area contributed by atoms with Crippen LogP contribution in [-0.2, 0) is 21.4 Å². The molecule has 0 atom stereocenters. The van der Waals surface area contributed by atoms with Gasteiger partial charge in [0.1, 0.15) is 0 Å². The fraction of sp³-hybridized carbons (Fsp3) is 0.444. The Balaban J connectivity index is 1.62. The van der Waals surface area contributed by atoms with Crippen LogP contribution in [0, 0.1) is 12.8 Å². The van der Waals surface area contributed by atoms with Gasteiger partial charge in [-0.3, -0.25) is 9.48 Å². The highest BCUT2D eigenvalue weighted by Gasteiger charge is 2.29. The molecule has 2 aromatic rings. The predicted octanol–water partition coefficient (Wildman–Crippen LogP) is 3.16. The van der Waals surface area contributed by atoms with Crippen LogP contribution >= 0.6 is 23.2 Å². The normalized spacial score (nSPS) is 16.3. The topological polar surface area (TPSA) is 84.3 Å². The van der Waals surface area contributed by atoms with Crippen LogP contribution in [0.25, 0.3) is 0 Å². The minimum Gasteiger partial charge on any atom is -0.309 e. The van der Waals surface area contributed by atoms with Crippen molar-refractivity contribution < 1.29 is 13.2 Å². The molecule has 3 rings (SSSR count). The van der Waals surface area contributed by atoms with Crippen molar-refractivity contribution in [3.63, 3.8) is 0 Å². The number of aryl methyl sites for hydroxylation is 1. The zero-order chi connectivity index (χ0) is 20.5. The highest BCUT2D eigenvalue weighted by atomic mass is 35.5. The molecule has 1 aromatic heterocycles. The molecule has 0 radical (unpaired) electrons. The summed E-state index contributed by atoms with van der Waals surface area (Å²) in [4.78, 5) is 12.5. The maximum atomic E-state index is 12.5. The number of hydrogen-bond donors (Lipinski definition) is 1. The van der Waals surface area contributed by atoms with Gasteiger partial charge < -0.3 is 5.32 Å². The first kappa shape index (κ1) is 21.1. The lowest BCUT2D eigenvalue weighted by molar-refractivity contribution is -0.120. The Hall–Kier alpha value is -1.61. The predicted molar refractivity (Wildman–Crippen MR) is 110 cm³/mol. The lowest BCUT2D eigenvalue weighted by Gasteiger charge is -2.29. The zero-order valence-corrected chi connectivity index (χ0v) is 18.0. The van der Waals surface area contributed by atoms with Gasteiger partial charge in [0.2, 0.25) is 15.9 Å². The molecule has 1 aliphatic heterocycles. The van der Waals surface area contributed by atoms with Gasteiger partial charge in [-0.25, -0.2) is 12.7 Å². The summed E-state index contributed by atoms with van der Waals surface area (Å²) in [5.74, 6) is 0.124. The lowest BCUT2D eigenvalue weighted by Crippen LogP contribution is -2.40. The fourth-order valence-corrected chi connectivity index (χ4v) is 4.41. The van der Waals surface area contributed by atoms with E-state index in [1.807, 2.05) is 13.0 Å². The molecule has 1 amide bonds. The van der Waals surface area contributed by atoms with Crippen LogP contribution in [0.3, 0.4) is 0 Å². The quantitative estimate of drug-likeness (QED) is 0.767. The summed E-state index contributed by atoms with van der Waals surface area (Å²) in [6.45, 7) is 3.14. The minimum absolute atomic E-state index is 0.132. The molecule has 1 saturated heterocycles. The summed E-state index contributed by atoms with van der Waals surface area (Å²) in [6, 6.07) is 7.21. The van der Waals surface area contributed by atoms with Gasteiger partial charge in [0.05, 0.1) is 22.8 Å². The number of aromatic nitrogens is 2. The number of rotatable bonds is 5. The Morgan fingerprint density at radius 2 is 1.89 bits per heavy atom. The van der Waals surface area contributed by atoms with Crippen LogP contribution in [0.1, 0.15) is 24.1 Å². The molecular weight excluding hydrogens is 423 g/mol. The van der Waals surface area contributed by atoms with Crippen molar-refractivity contribution in [3.8, 4) is 0 Å². The molecule has 2 heterocycles. The highest BCUT2D eigenvalue weighted by molar-refractivity contribution is 7.88. The molecule has 1 N–H and O–H groups in total. The molecule has 1 aromatic carbocycles. The van der Waals surface area contributed by atoms with Crippen LogP contribution in [0.15, 0.2) is 24.3 Å². The number of carbonyl (C=O) groups is 1. The molecule has 0 bridgehead atoms. The lowest BCUT2D eigenvalue weighted by atomic mass is 9.97. The van der Waals surface area contributed by atoms with Gasteiger partial charge in [0, 0.05) is 30.8 Å². The second-order valence-electron chi connectivity index (χ2n) is 7.00. The average molecular weight is 445 g/mol. The Kier molecular flexibility index (Phi) is 6.34. The van der Waals surface area contributed by atoms with E-state index >= 15 is 0 Å². The first-order valence-corrected chi connectivity index (χ1v) is 11.5. The van der Waals surface area contributed by atoms with Gasteiger partial charge in [-0.1, -0.05) is 29.3 Å². The number of carbonyl (C=O) groups excluding carboxylic acids is 1. The molecule has 1 fully saturated rings. The third kappa shape index (κ3) is 5.05. The molecule has 28 heavy (non-hydrogen) atoms. The number of piperidine rings is 1. The van der Waals surface area contributed by atoms with Gasteiger partial charge in [-0.15, -0.1) is 0 Å². The van der Waals surface area contributed by atoms with E-state index in [1.54, 1.807) is 22.9 Å². The standard InChI is InChI=1S/C18H22Cl2N4O3S/c1-12-9-17(22-24(12)11-13-3-4-15(19)16(20)10-13)21-18(25)14-5-7-23(8-6-14)28(2,26)27/h3-4,9-10,14H,5-8,11H2,1-2H3,(H,21,22,25). The van der Waals surface area contributed by atoms with Gasteiger partial charge >= 0.3 is 0 Å². The first-order valence-electron chi connectivity index (χ1n) is 8.88. The first-order chi connectivity index (χ1) is 13.1. The average Bonchev–Trinajstić information content (AvgIpc) is 2.96. The Bertz CT molecular complexity index is 983. The molecule has 1 aliphatic rings. The summed E-state index contributed by atoms with van der Waals surface area (Å²) in [5.41, 5.74) is 1.85. The van der Waals surface area contributed by atoms with E-state index in [-0.39, 0.29) is 11.8 Å². The van der Waals surface area contributed by atoms with Gasteiger partial charge in [-0.2, -0.15) is 5.10 Å². The van der Waals surface area contributed by atoms with E-state index < -0.39 is 10.0 Å². The van der Waals surface area contributed by atoms with Crippen molar-refractivity contribution >= 4 is 45.0 Å². The third-order valence-corrected chi connectivity index (χ3v) is 6.88. The number of hydrogen-bond acceptors (Lipinski definition) is 4. The summed E-state index contributed by atoms with van der Waals surface area (Å²) < 4.78 is 26.4. The molecule has 0 aliphatic carbocycles. The van der Waals surface area contributed by atoms with E-state index in [0.717, 1.165) is 11.3 Å². The summed E-state index contributed by atoms with van der Waals surface area (Å²) in [6.07, 6.45) is 2.19. The number of nitrogens with zero attached hydrogens (tertiary/aromatic N) is 3. The fourth-order valence-electron chi connectivity index (χ4n) is 3.22. The van der Waals surface area contributed by atoms with Crippen molar-refractivity contribution in [2.45, 2.75) is 26.3 Å². The highest BCUT2D eigenvalue weighted by Crippen LogP contribution is 2.24. The van der Waals surface area contributed by atoms with Gasteiger partial charge in [0.25, 0.3) is 0 Å². The second-order valence-corrected chi connectivity index (χ2v) is 9.80. The Morgan fingerprint density at radius 3 is 2.50 bits per heavy atom. The van der Waals surface area contributed by atoms with Crippen molar-refractivity contribution in [2.75, 3.05) is 24.7 Å². The number of amides is 1. The van der Waals surface area contributed by atoms with Crippen LogP contribution in [-0.4, -0.2) is 47.8 Å². The van der Waals surface area contributed by atoms with E-state index in [9.17, 15) is 13.2 Å². The molecule has 0 spiro atoms. The van der Waals surface area contributed by atoms with Crippen molar-refractivity contribution in [3.05, 3.63) is 45.6 Å². The maximum absolute atomic E-state index is 12.5. The number of halogens is 2. The summed E-state index contributed by atoms with van der Waals surface area (Å²) >= 11 is 12.0. The van der Waals surface area contributed by atoms with Crippen LogP contribution < -0.4 is 5.32 Å². The zero-order valence-electron chi connectivity index (χ0n) is 15.7. The SMILES string of the molecule is Cc1cc(NC(=O)C2CCN(S(C)(=O)=O)CC2)nn1Cc1ccc(Cl)c(Cl)c1. The van der Waals surface area contributed by atoms with E-state index in [0.29, 0.717) is 48.3 Å². The summed E-state index contributed by atoms with van der Waals surface area (Å²) in [5, 5.41) is 8.28. The molecule has 152 valence electrons. The van der Waals surface area contributed by atoms with Crippen molar-refractivity contribution in [1.82, 2.24) is 14.1 Å². The van der Waals surface area contributed by atoms with Crippen molar-refractivity contribution in [1.29, 1.82) is 0 Å².